The molecule has 0 spiro atoms. The van der Waals surface area contributed by atoms with E-state index in [-0.39, 0.29) is 12.5 Å². The lowest BCUT2D eigenvalue weighted by Crippen LogP contribution is -2.43. The van der Waals surface area contributed by atoms with E-state index in [1.165, 1.54) is 22.3 Å². The number of hydrogen-bond acceptors (Lipinski definition) is 3. The van der Waals surface area contributed by atoms with Crippen LogP contribution in [0.5, 0.6) is 0 Å². The first-order valence-electron chi connectivity index (χ1n) is 6.16. The molecule has 0 aliphatic rings. The molecule has 0 saturated heterocycles. The van der Waals surface area contributed by atoms with Gasteiger partial charge in [-0.3, -0.25) is 4.79 Å². The second-order valence-electron chi connectivity index (χ2n) is 4.69. The number of hydrogen-bond donors (Lipinski definition) is 3. The molecule has 0 bridgehead atoms. The number of nitrogens with one attached hydrogen (secondary N) is 1. The van der Waals surface area contributed by atoms with Crippen LogP contribution in [0.1, 0.15) is 22.3 Å². The molecule has 0 saturated carbocycles. The normalized spacial score (nSPS) is 12.3. The van der Waals surface area contributed by atoms with Crippen molar-refractivity contribution in [1.29, 1.82) is 0 Å². The van der Waals surface area contributed by atoms with Crippen LogP contribution in [0.2, 0.25) is 0 Å². The molecule has 1 aromatic carbocycles. The van der Waals surface area contributed by atoms with Gasteiger partial charge in [0.25, 0.3) is 0 Å². The second-order valence-corrected chi connectivity index (χ2v) is 4.69. The summed E-state index contributed by atoms with van der Waals surface area (Å²) in [6, 6.07) is 3.49. The van der Waals surface area contributed by atoms with Crippen LogP contribution in [0.3, 0.4) is 0 Å². The molecule has 0 aliphatic heterocycles. The Morgan fingerprint density at radius 3 is 2.50 bits per heavy atom. The van der Waals surface area contributed by atoms with Crippen molar-refractivity contribution in [2.45, 2.75) is 33.2 Å². The van der Waals surface area contributed by atoms with Crippen LogP contribution in [0.15, 0.2) is 12.1 Å². The van der Waals surface area contributed by atoms with Crippen LogP contribution in [0, 0.1) is 20.8 Å². The van der Waals surface area contributed by atoms with Gasteiger partial charge in [0.05, 0.1) is 6.61 Å². The Morgan fingerprint density at radius 1 is 1.28 bits per heavy atom. The third kappa shape index (κ3) is 3.82. The molecule has 18 heavy (non-hydrogen) atoms. The number of rotatable bonds is 5. The van der Waals surface area contributed by atoms with Crippen molar-refractivity contribution in [2.24, 2.45) is 5.73 Å². The number of aliphatic hydroxyl groups excluding tert-OH is 1. The SMILES string of the molecule is Cc1cc(C)c(CCNC(=O)C(N)CO)cc1C. The average Bonchev–Trinajstić information content (AvgIpc) is 2.34. The van der Waals surface area contributed by atoms with Crippen LogP contribution in [-0.2, 0) is 11.2 Å². The lowest BCUT2D eigenvalue weighted by Gasteiger charge is -2.12. The summed E-state index contributed by atoms with van der Waals surface area (Å²) in [5.74, 6) is -0.306. The number of amides is 1. The van der Waals surface area contributed by atoms with E-state index in [0.717, 1.165) is 6.42 Å². The molecule has 0 heterocycles. The molecule has 4 heteroatoms. The number of carbonyl (C=O) groups excluding carboxylic acids is 1. The molecule has 1 atom stereocenters. The topological polar surface area (TPSA) is 75.4 Å². The minimum absolute atomic E-state index is 0.306. The van der Waals surface area contributed by atoms with Gasteiger partial charge in [-0.15, -0.1) is 0 Å². The van der Waals surface area contributed by atoms with Crippen molar-refractivity contribution >= 4 is 5.91 Å². The molecule has 1 amide bonds. The predicted molar refractivity (Wildman–Crippen MR) is 72.4 cm³/mol. The highest BCUT2D eigenvalue weighted by atomic mass is 16.3. The van der Waals surface area contributed by atoms with Gasteiger partial charge in [0.1, 0.15) is 6.04 Å². The van der Waals surface area contributed by atoms with Crippen LogP contribution in [-0.4, -0.2) is 30.2 Å². The van der Waals surface area contributed by atoms with E-state index in [2.05, 4.69) is 38.2 Å². The smallest absolute Gasteiger partial charge is 0.239 e. The summed E-state index contributed by atoms with van der Waals surface area (Å²) in [7, 11) is 0. The van der Waals surface area contributed by atoms with E-state index in [9.17, 15) is 4.79 Å². The van der Waals surface area contributed by atoms with E-state index in [4.69, 9.17) is 10.8 Å². The number of carbonyl (C=O) groups is 1. The molecule has 1 rings (SSSR count). The Balaban J connectivity index is 2.54. The van der Waals surface area contributed by atoms with Gasteiger partial charge in [-0.1, -0.05) is 12.1 Å². The minimum atomic E-state index is -0.828. The molecule has 4 N–H and O–H groups in total. The van der Waals surface area contributed by atoms with Crippen molar-refractivity contribution in [3.63, 3.8) is 0 Å². The average molecular weight is 250 g/mol. The maximum absolute atomic E-state index is 11.4. The summed E-state index contributed by atoms with van der Waals surface area (Å²) >= 11 is 0. The molecule has 1 aromatic rings. The van der Waals surface area contributed by atoms with Crippen molar-refractivity contribution in [1.82, 2.24) is 5.32 Å². The quantitative estimate of drug-likeness (QED) is 0.716. The summed E-state index contributed by atoms with van der Waals surface area (Å²) in [5.41, 5.74) is 10.4. The molecular weight excluding hydrogens is 228 g/mol. The molecule has 0 fully saturated rings. The highest BCUT2D eigenvalue weighted by molar-refractivity contribution is 5.81. The third-order valence-corrected chi connectivity index (χ3v) is 3.18. The monoisotopic (exact) mass is 250 g/mol. The van der Waals surface area contributed by atoms with Gasteiger partial charge >= 0.3 is 0 Å². The molecule has 4 nitrogen and oxygen atoms in total. The van der Waals surface area contributed by atoms with E-state index < -0.39 is 6.04 Å². The van der Waals surface area contributed by atoms with Crippen molar-refractivity contribution in [3.8, 4) is 0 Å². The van der Waals surface area contributed by atoms with Crippen LogP contribution in [0.25, 0.3) is 0 Å². The zero-order valence-electron chi connectivity index (χ0n) is 11.3. The lowest BCUT2D eigenvalue weighted by atomic mass is 9.99. The Hall–Kier alpha value is -1.39. The number of aliphatic hydroxyl groups is 1. The largest absolute Gasteiger partial charge is 0.394 e. The van der Waals surface area contributed by atoms with Gasteiger partial charge in [0.15, 0.2) is 0 Å². The zero-order chi connectivity index (χ0) is 13.7. The van der Waals surface area contributed by atoms with Crippen LogP contribution < -0.4 is 11.1 Å². The van der Waals surface area contributed by atoms with E-state index in [1.54, 1.807) is 0 Å². The molecule has 1 unspecified atom stereocenters. The molecular formula is C14H22N2O2. The summed E-state index contributed by atoms with van der Waals surface area (Å²) in [6.07, 6.45) is 0.775. The van der Waals surface area contributed by atoms with Crippen molar-refractivity contribution < 1.29 is 9.90 Å². The summed E-state index contributed by atoms with van der Waals surface area (Å²) < 4.78 is 0. The summed E-state index contributed by atoms with van der Waals surface area (Å²) in [6.45, 7) is 6.46. The van der Waals surface area contributed by atoms with E-state index in [1.807, 2.05) is 0 Å². The van der Waals surface area contributed by atoms with Gasteiger partial charge in [0.2, 0.25) is 5.91 Å². The fourth-order valence-electron chi connectivity index (χ4n) is 1.82. The molecule has 100 valence electrons. The molecule has 0 radical (unpaired) electrons. The standard InChI is InChI=1S/C14H22N2O2/c1-9-6-11(3)12(7-10(9)2)4-5-16-14(18)13(15)8-17/h6-7,13,17H,4-5,8,15H2,1-3H3,(H,16,18). The molecule has 0 aliphatic carbocycles. The van der Waals surface area contributed by atoms with Gasteiger partial charge in [-0.05, 0) is 49.4 Å². The fourth-order valence-corrected chi connectivity index (χ4v) is 1.82. The molecule has 0 aromatic heterocycles. The van der Waals surface area contributed by atoms with Crippen molar-refractivity contribution in [2.75, 3.05) is 13.2 Å². The summed E-state index contributed by atoms with van der Waals surface area (Å²) in [4.78, 5) is 11.4. The first-order valence-corrected chi connectivity index (χ1v) is 6.16. The Kier molecular flexibility index (Phi) is 5.31. The van der Waals surface area contributed by atoms with Crippen LogP contribution in [0.4, 0.5) is 0 Å². The summed E-state index contributed by atoms with van der Waals surface area (Å²) in [5, 5.41) is 11.5. The minimum Gasteiger partial charge on any atom is -0.394 e. The zero-order valence-corrected chi connectivity index (χ0v) is 11.3. The highest BCUT2D eigenvalue weighted by Crippen LogP contribution is 2.15. The second kappa shape index (κ2) is 6.52. The maximum Gasteiger partial charge on any atom is 0.239 e. The lowest BCUT2D eigenvalue weighted by molar-refractivity contribution is -0.123. The van der Waals surface area contributed by atoms with Gasteiger partial charge in [-0.2, -0.15) is 0 Å². The van der Waals surface area contributed by atoms with E-state index >= 15 is 0 Å². The number of nitrogens with two attached hydrogens (primary N) is 1. The van der Waals surface area contributed by atoms with Gasteiger partial charge in [-0.25, -0.2) is 0 Å². The number of benzene rings is 1. The number of aryl methyl sites for hydroxylation is 3. The third-order valence-electron chi connectivity index (χ3n) is 3.18. The highest BCUT2D eigenvalue weighted by Gasteiger charge is 2.11. The fraction of sp³-hybridized carbons (Fsp3) is 0.500. The Labute approximate surface area is 108 Å². The van der Waals surface area contributed by atoms with Gasteiger partial charge in [0, 0.05) is 6.54 Å². The van der Waals surface area contributed by atoms with Crippen molar-refractivity contribution in [3.05, 3.63) is 34.4 Å². The Morgan fingerprint density at radius 2 is 1.89 bits per heavy atom. The van der Waals surface area contributed by atoms with Crippen LogP contribution >= 0.6 is 0 Å². The first kappa shape index (κ1) is 14.7. The van der Waals surface area contributed by atoms with E-state index in [0.29, 0.717) is 6.54 Å². The first-order chi connectivity index (χ1) is 8.45. The Bertz CT molecular complexity index is 430. The maximum atomic E-state index is 11.4. The predicted octanol–water partition coefficient (Wildman–Crippen LogP) is 0.590. The van der Waals surface area contributed by atoms with Gasteiger partial charge < -0.3 is 16.2 Å².